The molecule has 0 amide bonds. The molecule has 0 bridgehead atoms. The van der Waals surface area contributed by atoms with Crippen LogP contribution in [0.1, 0.15) is 17.5 Å². The molecule has 0 saturated heterocycles. The first-order valence-electron chi connectivity index (χ1n) is 6.81. The molecule has 3 heteroatoms. The van der Waals surface area contributed by atoms with Crippen LogP contribution in [0.5, 0.6) is 0 Å². The van der Waals surface area contributed by atoms with Gasteiger partial charge in [-0.25, -0.2) is 4.79 Å². The number of aliphatic carboxylic acids is 1. The van der Waals surface area contributed by atoms with Gasteiger partial charge in [0.05, 0.1) is 0 Å². The van der Waals surface area contributed by atoms with Crippen molar-refractivity contribution in [1.82, 2.24) is 0 Å². The molecule has 2 aromatic rings. The van der Waals surface area contributed by atoms with Crippen LogP contribution in [-0.2, 0) is 11.2 Å². The Kier molecular flexibility index (Phi) is 5.64. The molecule has 0 aromatic heterocycles. The van der Waals surface area contributed by atoms with Gasteiger partial charge in [-0.3, -0.25) is 0 Å². The van der Waals surface area contributed by atoms with Crippen molar-refractivity contribution in [2.45, 2.75) is 17.7 Å². The maximum Gasteiger partial charge on any atom is 0.328 e. The summed E-state index contributed by atoms with van der Waals surface area (Å²) in [7, 11) is 0. The maximum atomic E-state index is 11.0. The standard InChI is InChI=1S/C18H18O2S/c1-21-17-11-8-14(9-12-17)7-10-16(13-18(19)20)15-5-3-2-4-6-15/h2-6,8-9,11-13H,7,10H2,1H3,(H,19,20)/b16-13-. The molecule has 0 unspecified atom stereocenters. The number of rotatable bonds is 6. The zero-order chi connectivity index (χ0) is 15.1. The van der Waals surface area contributed by atoms with E-state index >= 15 is 0 Å². The molecule has 2 nitrogen and oxygen atoms in total. The normalized spacial score (nSPS) is 11.4. The molecule has 0 radical (unpaired) electrons. The Labute approximate surface area is 129 Å². The molecule has 0 aliphatic carbocycles. The van der Waals surface area contributed by atoms with Gasteiger partial charge in [0.2, 0.25) is 0 Å². The van der Waals surface area contributed by atoms with Crippen molar-refractivity contribution < 1.29 is 9.90 Å². The van der Waals surface area contributed by atoms with Gasteiger partial charge >= 0.3 is 5.97 Å². The fourth-order valence-electron chi connectivity index (χ4n) is 2.17. The van der Waals surface area contributed by atoms with Crippen molar-refractivity contribution in [3.63, 3.8) is 0 Å². The minimum Gasteiger partial charge on any atom is -0.478 e. The van der Waals surface area contributed by atoms with Crippen molar-refractivity contribution in [3.8, 4) is 0 Å². The summed E-state index contributed by atoms with van der Waals surface area (Å²) < 4.78 is 0. The molecule has 2 rings (SSSR count). The number of hydrogen-bond acceptors (Lipinski definition) is 2. The van der Waals surface area contributed by atoms with Gasteiger partial charge in [0.15, 0.2) is 0 Å². The Balaban J connectivity index is 2.11. The smallest absolute Gasteiger partial charge is 0.328 e. The lowest BCUT2D eigenvalue weighted by atomic mass is 9.98. The first-order chi connectivity index (χ1) is 10.2. The quantitative estimate of drug-likeness (QED) is 0.630. The molecule has 0 atom stereocenters. The van der Waals surface area contributed by atoms with Crippen molar-refractivity contribution in [2.24, 2.45) is 0 Å². The van der Waals surface area contributed by atoms with Crippen LogP contribution in [-0.4, -0.2) is 17.3 Å². The second-order valence-corrected chi connectivity index (χ2v) is 5.60. The Bertz CT molecular complexity index is 615. The van der Waals surface area contributed by atoms with Crippen LogP contribution in [0.15, 0.2) is 65.6 Å². The zero-order valence-electron chi connectivity index (χ0n) is 12.0. The largest absolute Gasteiger partial charge is 0.478 e. The molecule has 0 heterocycles. The number of carboxylic acids is 1. The third-order valence-electron chi connectivity index (χ3n) is 3.28. The molecule has 0 spiro atoms. The SMILES string of the molecule is CSc1ccc(CC/C(=C/C(=O)O)c2ccccc2)cc1. The van der Waals surface area contributed by atoms with E-state index < -0.39 is 5.97 Å². The van der Waals surface area contributed by atoms with E-state index in [1.54, 1.807) is 11.8 Å². The van der Waals surface area contributed by atoms with E-state index in [0.717, 1.165) is 24.0 Å². The highest BCUT2D eigenvalue weighted by atomic mass is 32.2. The van der Waals surface area contributed by atoms with Gasteiger partial charge in [-0.15, -0.1) is 11.8 Å². The third-order valence-corrected chi connectivity index (χ3v) is 4.03. The van der Waals surface area contributed by atoms with Gasteiger partial charge in [0.1, 0.15) is 0 Å². The summed E-state index contributed by atoms with van der Waals surface area (Å²) in [5.41, 5.74) is 3.05. The Morgan fingerprint density at radius 3 is 2.33 bits per heavy atom. The van der Waals surface area contributed by atoms with Gasteiger partial charge in [0.25, 0.3) is 0 Å². The number of benzene rings is 2. The van der Waals surface area contributed by atoms with E-state index in [2.05, 4.69) is 30.5 Å². The van der Waals surface area contributed by atoms with Gasteiger partial charge in [0, 0.05) is 11.0 Å². The highest BCUT2D eigenvalue weighted by molar-refractivity contribution is 7.98. The minimum absolute atomic E-state index is 0.717. The van der Waals surface area contributed by atoms with E-state index in [0.29, 0.717) is 0 Å². The fourth-order valence-corrected chi connectivity index (χ4v) is 2.58. The Morgan fingerprint density at radius 2 is 1.76 bits per heavy atom. The third kappa shape index (κ3) is 4.80. The van der Waals surface area contributed by atoms with Gasteiger partial charge in [-0.2, -0.15) is 0 Å². The van der Waals surface area contributed by atoms with Gasteiger partial charge < -0.3 is 5.11 Å². The maximum absolute atomic E-state index is 11.0. The number of aryl methyl sites for hydroxylation is 1. The molecule has 0 aliphatic rings. The Hall–Kier alpha value is -2.00. The van der Waals surface area contributed by atoms with Crippen LogP contribution >= 0.6 is 11.8 Å². The lowest BCUT2D eigenvalue weighted by molar-refractivity contribution is -0.131. The number of thioether (sulfide) groups is 1. The van der Waals surface area contributed by atoms with Gasteiger partial charge in [-0.05, 0) is 47.9 Å². The van der Waals surface area contributed by atoms with E-state index in [1.807, 2.05) is 30.3 Å². The highest BCUT2D eigenvalue weighted by Gasteiger charge is 2.05. The fraction of sp³-hybridized carbons (Fsp3) is 0.167. The van der Waals surface area contributed by atoms with Crippen LogP contribution in [0.3, 0.4) is 0 Å². The average molecular weight is 298 g/mol. The highest BCUT2D eigenvalue weighted by Crippen LogP contribution is 2.22. The molecule has 0 fully saturated rings. The van der Waals surface area contributed by atoms with Gasteiger partial charge in [-0.1, -0.05) is 42.5 Å². The van der Waals surface area contributed by atoms with Crippen LogP contribution in [0.2, 0.25) is 0 Å². The first kappa shape index (κ1) is 15.4. The minimum atomic E-state index is -0.897. The zero-order valence-corrected chi connectivity index (χ0v) is 12.8. The summed E-state index contributed by atoms with van der Waals surface area (Å²) in [6.07, 6.45) is 4.92. The second kappa shape index (κ2) is 7.70. The van der Waals surface area contributed by atoms with Crippen LogP contribution in [0.25, 0.3) is 5.57 Å². The lowest BCUT2D eigenvalue weighted by Gasteiger charge is -2.08. The number of carboxylic acid groups (broad SMARTS) is 1. The van der Waals surface area contributed by atoms with Crippen LogP contribution in [0, 0.1) is 0 Å². The monoisotopic (exact) mass is 298 g/mol. The topological polar surface area (TPSA) is 37.3 Å². The summed E-state index contributed by atoms with van der Waals surface area (Å²) in [5, 5.41) is 9.03. The number of carbonyl (C=O) groups is 1. The molecule has 0 saturated carbocycles. The van der Waals surface area contributed by atoms with Crippen LogP contribution in [0.4, 0.5) is 0 Å². The summed E-state index contributed by atoms with van der Waals surface area (Å²) in [5.74, 6) is -0.897. The van der Waals surface area contributed by atoms with Crippen molar-refractivity contribution >= 4 is 23.3 Å². The average Bonchev–Trinajstić information content (AvgIpc) is 2.52. The van der Waals surface area contributed by atoms with E-state index in [4.69, 9.17) is 5.11 Å². The predicted octanol–water partition coefficient (Wildman–Crippen LogP) is 4.51. The van der Waals surface area contributed by atoms with Crippen molar-refractivity contribution in [1.29, 1.82) is 0 Å². The molecule has 108 valence electrons. The molecule has 0 aliphatic heterocycles. The van der Waals surface area contributed by atoms with Crippen molar-refractivity contribution in [2.75, 3.05) is 6.26 Å². The Morgan fingerprint density at radius 1 is 1.10 bits per heavy atom. The van der Waals surface area contributed by atoms with E-state index in [-0.39, 0.29) is 0 Å². The predicted molar refractivity (Wildman–Crippen MR) is 88.6 cm³/mol. The summed E-state index contributed by atoms with van der Waals surface area (Å²) in [6.45, 7) is 0. The summed E-state index contributed by atoms with van der Waals surface area (Å²) in [4.78, 5) is 12.2. The number of allylic oxidation sites excluding steroid dienone is 1. The van der Waals surface area contributed by atoms with Crippen molar-refractivity contribution in [3.05, 3.63) is 71.8 Å². The second-order valence-electron chi connectivity index (χ2n) is 4.72. The first-order valence-corrected chi connectivity index (χ1v) is 8.03. The molecular formula is C18H18O2S. The summed E-state index contributed by atoms with van der Waals surface area (Å²) in [6, 6.07) is 18.1. The number of hydrogen-bond donors (Lipinski definition) is 1. The lowest BCUT2D eigenvalue weighted by Crippen LogP contribution is -1.95. The molecule has 1 N–H and O–H groups in total. The summed E-state index contributed by atoms with van der Waals surface area (Å²) >= 11 is 1.72. The molecule has 2 aromatic carbocycles. The molecule has 21 heavy (non-hydrogen) atoms. The van der Waals surface area contributed by atoms with E-state index in [9.17, 15) is 4.79 Å². The molecular weight excluding hydrogens is 280 g/mol. The van der Waals surface area contributed by atoms with E-state index in [1.165, 1.54) is 16.5 Å². The van der Waals surface area contributed by atoms with Crippen LogP contribution < -0.4 is 0 Å².